The van der Waals surface area contributed by atoms with Crippen molar-refractivity contribution in [3.8, 4) is 0 Å². The van der Waals surface area contributed by atoms with Crippen LogP contribution in [0.1, 0.15) is 39.5 Å². The van der Waals surface area contributed by atoms with E-state index in [1.165, 1.54) is 32.2 Å². The zero-order valence-electron chi connectivity index (χ0n) is 12.9. The van der Waals surface area contributed by atoms with Gasteiger partial charge in [0, 0.05) is 25.7 Å². The molecule has 0 amide bonds. The standard InChI is InChI=1S/C15H30N4/c1-4-16-15(19-10-5-7-13(2)12-19)17-11-14-8-6-9-18(14)3/h13-14H,4-12H2,1-3H3,(H,16,17). The molecule has 0 bridgehead atoms. The Hall–Kier alpha value is -0.770. The van der Waals surface area contributed by atoms with Gasteiger partial charge in [0.25, 0.3) is 0 Å². The first-order chi connectivity index (χ1) is 9.20. The first-order valence-corrected chi connectivity index (χ1v) is 7.94. The number of piperidine rings is 1. The molecule has 4 heteroatoms. The summed E-state index contributed by atoms with van der Waals surface area (Å²) in [6.07, 6.45) is 5.29. The van der Waals surface area contributed by atoms with E-state index in [0.29, 0.717) is 6.04 Å². The molecular weight excluding hydrogens is 236 g/mol. The number of likely N-dealkylation sites (tertiary alicyclic amines) is 2. The van der Waals surface area contributed by atoms with E-state index in [-0.39, 0.29) is 0 Å². The Balaban J connectivity index is 1.93. The highest BCUT2D eigenvalue weighted by atomic mass is 15.3. The van der Waals surface area contributed by atoms with Crippen LogP contribution in [0.2, 0.25) is 0 Å². The van der Waals surface area contributed by atoms with Gasteiger partial charge in [-0.05, 0) is 52.1 Å². The van der Waals surface area contributed by atoms with Crippen LogP contribution < -0.4 is 5.32 Å². The molecule has 0 aromatic rings. The Morgan fingerprint density at radius 1 is 1.26 bits per heavy atom. The maximum Gasteiger partial charge on any atom is 0.193 e. The first kappa shape index (κ1) is 14.6. The summed E-state index contributed by atoms with van der Waals surface area (Å²) in [6.45, 7) is 9.97. The molecule has 2 heterocycles. The molecule has 2 rings (SSSR count). The van der Waals surface area contributed by atoms with Crippen LogP contribution in [0.15, 0.2) is 4.99 Å². The molecule has 2 fully saturated rings. The summed E-state index contributed by atoms with van der Waals surface area (Å²) < 4.78 is 0. The van der Waals surface area contributed by atoms with Crippen LogP contribution >= 0.6 is 0 Å². The van der Waals surface area contributed by atoms with Crippen molar-refractivity contribution in [2.24, 2.45) is 10.9 Å². The molecule has 0 aliphatic carbocycles. The van der Waals surface area contributed by atoms with Gasteiger partial charge in [-0.15, -0.1) is 0 Å². The monoisotopic (exact) mass is 266 g/mol. The van der Waals surface area contributed by atoms with Crippen LogP contribution in [0.5, 0.6) is 0 Å². The Morgan fingerprint density at radius 2 is 2.05 bits per heavy atom. The lowest BCUT2D eigenvalue weighted by atomic mass is 10.0. The Morgan fingerprint density at radius 3 is 2.68 bits per heavy atom. The maximum absolute atomic E-state index is 4.89. The van der Waals surface area contributed by atoms with Crippen LogP contribution in [0.4, 0.5) is 0 Å². The highest BCUT2D eigenvalue weighted by molar-refractivity contribution is 5.80. The van der Waals surface area contributed by atoms with Gasteiger partial charge in [0.05, 0.1) is 6.54 Å². The fourth-order valence-corrected chi connectivity index (χ4v) is 3.21. The van der Waals surface area contributed by atoms with E-state index in [0.717, 1.165) is 38.1 Å². The summed E-state index contributed by atoms with van der Waals surface area (Å²) in [6, 6.07) is 0.649. The number of nitrogens with zero attached hydrogens (tertiary/aromatic N) is 3. The van der Waals surface area contributed by atoms with E-state index in [1.807, 2.05) is 0 Å². The van der Waals surface area contributed by atoms with Crippen molar-refractivity contribution in [3.05, 3.63) is 0 Å². The Labute approximate surface area is 118 Å². The highest BCUT2D eigenvalue weighted by Gasteiger charge is 2.22. The molecule has 0 aromatic heterocycles. The molecule has 2 aliphatic heterocycles. The molecule has 2 unspecified atom stereocenters. The van der Waals surface area contributed by atoms with Gasteiger partial charge in [-0.3, -0.25) is 4.99 Å². The predicted octanol–water partition coefficient (Wildman–Crippen LogP) is 1.78. The molecule has 2 saturated heterocycles. The van der Waals surface area contributed by atoms with Crippen LogP contribution in [0.3, 0.4) is 0 Å². The number of hydrogen-bond donors (Lipinski definition) is 1. The molecule has 0 aromatic carbocycles. The first-order valence-electron chi connectivity index (χ1n) is 7.94. The number of aliphatic imine (C=N–C) groups is 1. The summed E-state index contributed by atoms with van der Waals surface area (Å²) in [7, 11) is 2.23. The third-order valence-electron chi connectivity index (χ3n) is 4.41. The smallest absolute Gasteiger partial charge is 0.193 e. The van der Waals surface area contributed by atoms with Gasteiger partial charge in [0.2, 0.25) is 0 Å². The second kappa shape index (κ2) is 7.13. The maximum atomic E-state index is 4.89. The van der Waals surface area contributed by atoms with Crippen molar-refractivity contribution < 1.29 is 0 Å². The molecule has 2 atom stereocenters. The van der Waals surface area contributed by atoms with E-state index in [9.17, 15) is 0 Å². The molecule has 2 aliphatic rings. The molecule has 1 N–H and O–H groups in total. The fourth-order valence-electron chi connectivity index (χ4n) is 3.21. The van der Waals surface area contributed by atoms with Crippen LogP contribution in [0, 0.1) is 5.92 Å². The quantitative estimate of drug-likeness (QED) is 0.624. The van der Waals surface area contributed by atoms with Gasteiger partial charge in [0.1, 0.15) is 0 Å². The van der Waals surface area contributed by atoms with Gasteiger partial charge in [0.15, 0.2) is 5.96 Å². The highest BCUT2D eigenvalue weighted by Crippen LogP contribution is 2.17. The lowest BCUT2D eigenvalue weighted by Gasteiger charge is -2.34. The lowest BCUT2D eigenvalue weighted by molar-refractivity contribution is 0.264. The zero-order chi connectivity index (χ0) is 13.7. The summed E-state index contributed by atoms with van der Waals surface area (Å²) in [5.74, 6) is 1.93. The van der Waals surface area contributed by atoms with Crippen molar-refractivity contribution >= 4 is 5.96 Å². The van der Waals surface area contributed by atoms with Crippen molar-refractivity contribution in [2.45, 2.75) is 45.6 Å². The van der Waals surface area contributed by atoms with E-state index in [4.69, 9.17) is 4.99 Å². The predicted molar refractivity (Wildman–Crippen MR) is 81.6 cm³/mol. The number of guanidine groups is 1. The summed E-state index contributed by atoms with van der Waals surface area (Å²) >= 11 is 0. The van der Waals surface area contributed by atoms with Gasteiger partial charge in [-0.2, -0.15) is 0 Å². The number of rotatable bonds is 3. The second-order valence-corrected chi connectivity index (χ2v) is 6.16. The second-order valence-electron chi connectivity index (χ2n) is 6.16. The minimum Gasteiger partial charge on any atom is -0.357 e. The number of hydrogen-bond acceptors (Lipinski definition) is 2. The van der Waals surface area contributed by atoms with E-state index in [1.54, 1.807) is 0 Å². The van der Waals surface area contributed by atoms with Crippen LogP contribution in [0.25, 0.3) is 0 Å². The third kappa shape index (κ3) is 4.10. The average molecular weight is 266 g/mol. The molecular formula is C15H30N4. The third-order valence-corrected chi connectivity index (χ3v) is 4.41. The van der Waals surface area contributed by atoms with Gasteiger partial charge < -0.3 is 15.1 Å². The fraction of sp³-hybridized carbons (Fsp3) is 0.933. The van der Waals surface area contributed by atoms with Crippen LogP contribution in [-0.4, -0.2) is 61.6 Å². The molecule has 19 heavy (non-hydrogen) atoms. The Kier molecular flexibility index (Phi) is 5.49. The molecule has 4 nitrogen and oxygen atoms in total. The number of likely N-dealkylation sites (N-methyl/N-ethyl adjacent to an activating group) is 1. The van der Waals surface area contributed by atoms with Gasteiger partial charge in [-0.25, -0.2) is 0 Å². The molecule has 110 valence electrons. The van der Waals surface area contributed by atoms with E-state index in [2.05, 4.69) is 36.0 Å². The summed E-state index contributed by atoms with van der Waals surface area (Å²) in [5.41, 5.74) is 0. The zero-order valence-corrected chi connectivity index (χ0v) is 12.9. The minimum absolute atomic E-state index is 0.649. The van der Waals surface area contributed by atoms with Crippen LogP contribution in [-0.2, 0) is 0 Å². The van der Waals surface area contributed by atoms with Crippen molar-refractivity contribution in [1.29, 1.82) is 0 Å². The lowest BCUT2D eigenvalue weighted by Crippen LogP contribution is -2.46. The van der Waals surface area contributed by atoms with Crippen molar-refractivity contribution in [1.82, 2.24) is 15.1 Å². The number of nitrogens with one attached hydrogen (secondary N) is 1. The molecule has 0 spiro atoms. The topological polar surface area (TPSA) is 30.9 Å². The average Bonchev–Trinajstić information content (AvgIpc) is 2.80. The van der Waals surface area contributed by atoms with Gasteiger partial charge >= 0.3 is 0 Å². The molecule has 0 radical (unpaired) electrons. The molecule has 0 saturated carbocycles. The van der Waals surface area contributed by atoms with E-state index >= 15 is 0 Å². The largest absolute Gasteiger partial charge is 0.357 e. The Bertz CT molecular complexity index is 303. The SMILES string of the molecule is CCNC(=NCC1CCCN1C)N1CCCC(C)C1. The van der Waals surface area contributed by atoms with Gasteiger partial charge in [-0.1, -0.05) is 6.92 Å². The summed E-state index contributed by atoms with van der Waals surface area (Å²) in [4.78, 5) is 9.80. The van der Waals surface area contributed by atoms with E-state index < -0.39 is 0 Å². The summed E-state index contributed by atoms with van der Waals surface area (Å²) in [5, 5.41) is 3.47. The van der Waals surface area contributed by atoms with Crippen molar-refractivity contribution in [3.63, 3.8) is 0 Å². The normalized spacial score (nSPS) is 29.8. The van der Waals surface area contributed by atoms with Crippen molar-refractivity contribution in [2.75, 3.05) is 39.8 Å². The minimum atomic E-state index is 0.649.